The third-order valence-corrected chi connectivity index (χ3v) is 4.04. The molecule has 1 heterocycles. The quantitative estimate of drug-likeness (QED) is 0.719. The number of thioether (sulfide) groups is 1. The smallest absolute Gasteiger partial charge is 0.160 e. The minimum Gasteiger partial charge on any atom is -0.160 e. The van der Waals surface area contributed by atoms with Gasteiger partial charge in [-0.25, -0.2) is 0 Å². The molecule has 0 saturated heterocycles. The van der Waals surface area contributed by atoms with Gasteiger partial charge in [0.2, 0.25) is 0 Å². The van der Waals surface area contributed by atoms with Gasteiger partial charge in [-0.2, -0.15) is 13.2 Å². The third kappa shape index (κ3) is 2.84. The molecule has 2 aromatic rings. The summed E-state index contributed by atoms with van der Waals surface area (Å²) in [7, 11) is 0. The molecule has 0 amide bonds. The van der Waals surface area contributed by atoms with Crippen LogP contribution in [0.3, 0.4) is 0 Å². The maximum absolute atomic E-state index is 12.1. The highest BCUT2D eigenvalue weighted by Gasteiger charge is 2.28. The van der Waals surface area contributed by atoms with Crippen LogP contribution in [0.5, 0.6) is 0 Å². The molecule has 0 aliphatic heterocycles. The molecule has 0 aliphatic carbocycles. The molecule has 0 aliphatic rings. The van der Waals surface area contributed by atoms with Crippen molar-refractivity contribution in [3.05, 3.63) is 34.2 Å². The van der Waals surface area contributed by atoms with Gasteiger partial charge in [0.1, 0.15) is 0 Å². The lowest BCUT2D eigenvalue weighted by Crippen LogP contribution is -1.99. The average Bonchev–Trinajstić information content (AvgIpc) is 2.56. The van der Waals surface area contributed by atoms with Crippen molar-refractivity contribution < 1.29 is 13.2 Å². The zero-order chi connectivity index (χ0) is 11.8. The first-order chi connectivity index (χ1) is 7.46. The monoisotopic (exact) mass is 282 g/mol. The Morgan fingerprint density at radius 1 is 1.31 bits per heavy atom. The van der Waals surface area contributed by atoms with Gasteiger partial charge >= 0.3 is 5.51 Å². The summed E-state index contributed by atoms with van der Waals surface area (Å²) in [5.74, 6) is -0.0656. The fourth-order valence-electron chi connectivity index (χ4n) is 1.33. The third-order valence-electron chi connectivity index (χ3n) is 2.01. The fourth-order valence-corrected chi connectivity index (χ4v) is 3.10. The first-order valence-electron chi connectivity index (χ1n) is 4.32. The molecule has 6 heteroatoms. The van der Waals surface area contributed by atoms with Crippen LogP contribution in [0.25, 0.3) is 10.1 Å². The van der Waals surface area contributed by atoms with Crippen molar-refractivity contribution in [3.63, 3.8) is 0 Å². The zero-order valence-corrected chi connectivity index (χ0v) is 10.2. The summed E-state index contributed by atoms with van der Waals surface area (Å²) in [6.07, 6.45) is 0. The highest BCUT2D eigenvalue weighted by atomic mass is 35.5. The van der Waals surface area contributed by atoms with E-state index in [9.17, 15) is 13.2 Å². The molecular weight excluding hydrogens is 277 g/mol. The van der Waals surface area contributed by atoms with Crippen LogP contribution in [0.4, 0.5) is 13.2 Å². The molecule has 1 aromatic carbocycles. The number of hydrogen-bond donors (Lipinski definition) is 0. The predicted molar refractivity (Wildman–Crippen MR) is 64.2 cm³/mol. The first kappa shape index (κ1) is 12.1. The lowest BCUT2D eigenvalue weighted by Gasteiger charge is -2.04. The van der Waals surface area contributed by atoms with Crippen LogP contribution in [-0.2, 0) is 5.75 Å². The van der Waals surface area contributed by atoms with E-state index in [1.54, 1.807) is 17.5 Å². The van der Waals surface area contributed by atoms with Crippen molar-refractivity contribution >= 4 is 44.8 Å². The van der Waals surface area contributed by atoms with Crippen molar-refractivity contribution in [2.45, 2.75) is 11.3 Å². The largest absolute Gasteiger partial charge is 0.442 e. The van der Waals surface area contributed by atoms with E-state index in [1.165, 1.54) is 11.3 Å². The molecule has 0 saturated carbocycles. The van der Waals surface area contributed by atoms with Crippen LogP contribution in [0.1, 0.15) is 5.56 Å². The van der Waals surface area contributed by atoms with E-state index < -0.39 is 5.51 Å². The van der Waals surface area contributed by atoms with E-state index in [2.05, 4.69) is 0 Å². The summed E-state index contributed by atoms with van der Waals surface area (Å²) in [6.45, 7) is 0. The van der Waals surface area contributed by atoms with Crippen LogP contribution in [0, 0.1) is 0 Å². The van der Waals surface area contributed by atoms with Gasteiger partial charge in [0, 0.05) is 15.5 Å². The number of rotatable bonds is 2. The van der Waals surface area contributed by atoms with Crippen LogP contribution in [-0.4, -0.2) is 5.51 Å². The minimum absolute atomic E-state index is 0.0244. The number of halogens is 4. The Morgan fingerprint density at radius 2 is 2.06 bits per heavy atom. The van der Waals surface area contributed by atoms with Crippen molar-refractivity contribution in [2.75, 3.05) is 0 Å². The standard InChI is InChI=1S/C10H6ClF3S2/c11-7-1-2-9-8(3-7)6(4-15-9)5-16-10(12,13)14/h1-4H,5H2. The summed E-state index contributed by atoms with van der Waals surface area (Å²) in [4.78, 5) is 0. The van der Waals surface area contributed by atoms with E-state index in [1.807, 2.05) is 6.07 Å². The number of thiophene rings is 1. The second-order valence-electron chi connectivity index (χ2n) is 3.14. The summed E-state index contributed by atoms with van der Waals surface area (Å²) in [6, 6.07) is 5.27. The maximum Gasteiger partial charge on any atom is 0.442 e. The second kappa shape index (κ2) is 4.47. The van der Waals surface area contributed by atoms with Gasteiger partial charge in [-0.3, -0.25) is 0 Å². The van der Waals surface area contributed by atoms with Crippen LogP contribution in [0.2, 0.25) is 5.02 Å². The number of fused-ring (bicyclic) bond motifs is 1. The van der Waals surface area contributed by atoms with E-state index in [0.29, 0.717) is 10.6 Å². The topological polar surface area (TPSA) is 0 Å². The van der Waals surface area contributed by atoms with Gasteiger partial charge in [-0.1, -0.05) is 11.6 Å². The lowest BCUT2D eigenvalue weighted by molar-refractivity contribution is -0.0329. The summed E-state index contributed by atoms with van der Waals surface area (Å²) >= 11 is 7.22. The minimum atomic E-state index is -4.19. The van der Waals surface area contributed by atoms with Gasteiger partial charge in [-0.15, -0.1) is 11.3 Å². The van der Waals surface area contributed by atoms with E-state index in [0.717, 1.165) is 10.1 Å². The Bertz CT molecular complexity index is 504. The average molecular weight is 283 g/mol. The van der Waals surface area contributed by atoms with Gasteiger partial charge in [-0.05, 0) is 46.3 Å². The van der Waals surface area contributed by atoms with Crippen molar-refractivity contribution in [2.24, 2.45) is 0 Å². The Balaban J connectivity index is 2.28. The molecule has 2 rings (SSSR count). The van der Waals surface area contributed by atoms with E-state index in [-0.39, 0.29) is 17.5 Å². The number of hydrogen-bond acceptors (Lipinski definition) is 2. The van der Waals surface area contributed by atoms with Gasteiger partial charge < -0.3 is 0 Å². The second-order valence-corrected chi connectivity index (χ2v) is 5.52. The number of alkyl halides is 3. The SMILES string of the molecule is FC(F)(F)SCc1csc2ccc(Cl)cc12. The summed E-state index contributed by atoms with van der Waals surface area (Å²) in [5.41, 5.74) is -3.50. The summed E-state index contributed by atoms with van der Waals surface area (Å²) in [5, 5.41) is 3.11. The maximum atomic E-state index is 12.1. The number of benzene rings is 1. The molecule has 0 nitrogen and oxygen atoms in total. The molecule has 86 valence electrons. The van der Waals surface area contributed by atoms with E-state index >= 15 is 0 Å². The highest BCUT2D eigenvalue weighted by molar-refractivity contribution is 7.99. The molecular formula is C10H6ClF3S2. The molecule has 0 fully saturated rings. The molecule has 0 radical (unpaired) electrons. The van der Waals surface area contributed by atoms with Crippen molar-refractivity contribution in [1.29, 1.82) is 0 Å². The molecule has 16 heavy (non-hydrogen) atoms. The highest BCUT2D eigenvalue weighted by Crippen LogP contribution is 2.37. The van der Waals surface area contributed by atoms with Gasteiger partial charge in [0.25, 0.3) is 0 Å². The van der Waals surface area contributed by atoms with Crippen molar-refractivity contribution in [3.8, 4) is 0 Å². The van der Waals surface area contributed by atoms with Crippen molar-refractivity contribution in [1.82, 2.24) is 0 Å². The molecule has 0 spiro atoms. The van der Waals surface area contributed by atoms with Crippen LogP contribution in [0.15, 0.2) is 23.6 Å². The summed E-state index contributed by atoms with van der Waals surface area (Å²) < 4.78 is 37.2. The first-order valence-corrected chi connectivity index (χ1v) is 6.56. The van der Waals surface area contributed by atoms with Gasteiger partial charge in [0.15, 0.2) is 0 Å². The normalized spacial score (nSPS) is 12.2. The molecule has 0 atom stereocenters. The Hall–Kier alpha value is -0.390. The molecule has 0 bridgehead atoms. The van der Waals surface area contributed by atoms with Gasteiger partial charge in [0.05, 0.1) is 0 Å². The predicted octanol–water partition coefficient (Wildman–Crippen LogP) is 5.31. The Kier molecular flexibility index (Phi) is 3.37. The van der Waals surface area contributed by atoms with E-state index in [4.69, 9.17) is 11.6 Å². The zero-order valence-electron chi connectivity index (χ0n) is 7.84. The molecule has 1 aromatic heterocycles. The fraction of sp³-hybridized carbons (Fsp3) is 0.200. The lowest BCUT2D eigenvalue weighted by atomic mass is 10.2. The molecule has 0 unspecified atom stereocenters. The van der Waals surface area contributed by atoms with Crippen LogP contribution < -0.4 is 0 Å². The Morgan fingerprint density at radius 3 is 2.75 bits per heavy atom. The molecule has 0 N–H and O–H groups in total. The van der Waals surface area contributed by atoms with Crippen LogP contribution >= 0.6 is 34.7 Å². The Labute approximate surface area is 103 Å².